The molecule has 0 spiro atoms. The fourth-order valence-electron chi connectivity index (χ4n) is 2.58. The summed E-state index contributed by atoms with van der Waals surface area (Å²) in [5.41, 5.74) is 2.68. The van der Waals surface area contributed by atoms with E-state index in [4.69, 9.17) is 11.6 Å². The molecule has 0 saturated carbocycles. The van der Waals surface area contributed by atoms with Crippen LogP contribution in [0, 0.1) is 24.0 Å². The van der Waals surface area contributed by atoms with Gasteiger partial charge in [-0.15, -0.1) is 0 Å². The summed E-state index contributed by atoms with van der Waals surface area (Å²) in [6.07, 6.45) is 0. The summed E-state index contributed by atoms with van der Waals surface area (Å²) in [7, 11) is 0. The van der Waals surface area contributed by atoms with Crippen molar-refractivity contribution in [1.29, 1.82) is 0 Å². The summed E-state index contributed by atoms with van der Waals surface area (Å²) < 4.78 is 0. The minimum atomic E-state index is -0.631. The second-order valence-electron chi connectivity index (χ2n) is 6.06. The van der Waals surface area contributed by atoms with Crippen LogP contribution >= 0.6 is 11.6 Å². The number of hydrogen-bond donors (Lipinski definition) is 2. The number of carbonyl (C=O) groups excluding carboxylic acids is 1. The molecule has 0 unspecified atom stereocenters. The van der Waals surface area contributed by atoms with Crippen molar-refractivity contribution in [3.05, 3.63) is 80.6 Å². The molecule has 8 nitrogen and oxygen atoms in total. The van der Waals surface area contributed by atoms with Gasteiger partial charge in [-0.25, -0.2) is 9.97 Å². The van der Waals surface area contributed by atoms with Gasteiger partial charge >= 0.3 is 0 Å². The molecule has 0 atom stereocenters. The van der Waals surface area contributed by atoms with E-state index in [9.17, 15) is 14.9 Å². The predicted molar refractivity (Wildman–Crippen MR) is 107 cm³/mol. The van der Waals surface area contributed by atoms with Crippen LogP contribution in [0.4, 0.5) is 23.0 Å². The molecule has 0 aliphatic heterocycles. The van der Waals surface area contributed by atoms with Gasteiger partial charge in [0.2, 0.25) is 5.95 Å². The molecular formula is C19H16ClN5O3. The number of rotatable bonds is 5. The Morgan fingerprint density at radius 3 is 2.39 bits per heavy atom. The monoisotopic (exact) mass is 397 g/mol. The molecule has 3 rings (SSSR count). The molecule has 3 aromatic rings. The lowest BCUT2D eigenvalue weighted by Gasteiger charge is -2.10. The van der Waals surface area contributed by atoms with E-state index in [1.807, 2.05) is 26.0 Å². The summed E-state index contributed by atoms with van der Waals surface area (Å²) in [4.78, 5) is 31.4. The van der Waals surface area contributed by atoms with Crippen LogP contribution in [0.1, 0.15) is 21.7 Å². The quantitative estimate of drug-likeness (QED) is 0.479. The van der Waals surface area contributed by atoms with Gasteiger partial charge in [0.1, 0.15) is 5.02 Å². The maximum Gasteiger partial charge on any atom is 0.288 e. The molecule has 0 saturated heterocycles. The summed E-state index contributed by atoms with van der Waals surface area (Å²) in [5.74, 6) is -0.0335. The van der Waals surface area contributed by atoms with Gasteiger partial charge in [0.25, 0.3) is 11.6 Å². The minimum absolute atomic E-state index is 0.0267. The Morgan fingerprint density at radius 1 is 1.04 bits per heavy atom. The highest BCUT2D eigenvalue weighted by molar-refractivity contribution is 6.32. The van der Waals surface area contributed by atoms with Crippen LogP contribution in [0.2, 0.25) is 5.02 Å². The molecule has 1 aromatic heterocycles. The normalized spacial score (nSPS) is 10.4. The Bertz CT molecular complexity index is 1050. The number of nitrogens with zero attached hydrogens (tertiary/aromatic N) is 3. The number of aryl methyl sites for hydroxylation is 2. The Kier molecular flexibility index (Phi) is 5.51. The van der Waals surface area contributed by atoms with Crippen molar-refractivity contribution in [2.24, 2.45) is 0 Å². The maximum absolute atomic E-state index is 12.4. The third-order valence-corrected chi connectivity index (χ3v) is 4.08. The first-order valence-corrected chi connectivity index (χ1v) is 8.64. The summed E-state index contributed by atoms with van der Waals surface area (Å²) in [6, 6.07) is 12.7. The van der Waals surface area contributed by atoms with E-state index in [0.717, 1.165) is 17.5 Å². The zero-order chi connectivity index (χ0) is 20.3. The number of nitrogens with one attached hydrogen (secondary N) is 2. The van der Waals surface area contributed by atoms with E-state index in [1.54, 1.807) is 18.2 Å². The van der Waals surface area contributed by atoms with Crippen LogP contribution < -0.4 is 10.6 Å². The first kappa shape index (κ1) is 19.2. The minimum Gasteiger partial charge on any atom is -0.324 e. The summed E-state index contributed by atoms with van der Waals surface area (Å²) in [5, 5.41) is 16.8. The summed E-state index contributed by atoms with van der Waals surface area (Å²) >= 11 is 5.78. The lowest BCUT2D eigenvalue weighted by Crippen LogP contribution is -2.12. The fourth-order valence-corrected chi connectivity index (χ4v) is 2.77. The Balaban J connectivity index is 1.78. The van der Waals surface area contributed by atoms with E-state index >= 15 is 0 Å². The van der Waals surface area contributed by atoms with Crippen molar-refractivity contribution in [2.75, 3.05) is 10.6 Å². The Labute approximate surface area is 165 Å². The second kappa shape index (κ2) is 8.01. The van der Waals surface area contributed by atoms with Gasteiger partial charge in [0.05, 0.1) is 4.92 Å². The van der Waals surface area contributed by atoms with E-state index in [2.05, 4.69) is 20.6 Å². The lowest BCUT2D eigenvalue weighted by atomic mass is 10.2. The Hall–Kier alpha value is -3.52. The van der Waals surface area contributed by atoms with Crippen molar-refractivity contribution in [3.63, 3.8) is 0 Å². The standard InChI is InChI=1S/C19H16ClN5O3/c1-11-8-12(2)22-19(21-11)24-15-5-3-4-14(10-15)23-18(26)13-6-7-16(20)17(9-13)25(27)28/h3-10H,1-2H3,(H,23,26)(H,21,22,24). The molecule has 9 heteroatoms. The average molecular weight is 398 g/mol. The molecule has 28 heavy (non-hydrogen) atoms. The van der Waals surface area contributed by atoms with Crippen LogP contribution in [-0.2, 0) is 0 Å². The van der Waals surface area contributed by atoms with Gasteiger partial charge in [-0.3, -0.25) is 14.9 Å². The zero-order valence-electron chi connectivity index (χ0n) is 15.1. The highest BCUT2D eigenvalue weighted by Gasteiger charge is 2.16. The molecule has 0 fully saturated rings. The number of anilines is 3. The Morgan fingerprint density at radius 2 is 1.71 bits per heavy atom. The number of hydrogen-bond acceptors (Lipinski definition) is 6. The van der Waals surface area contributed by atoms with Crippen LogP contribution in [0.5, 0.6) is 0 Å². The second-order valence-corrected chi connectivity index (χ2v) is 6.46. The van der Waals surface area contributed by atoms with Gasteiger partial charge in [-0.05, 0) is 50.2 Å². The molecule has 142 valence electrons. The van der Waals surface area contributed by atoms with E-state index < -0.39 is 10.8 Å². The van der Waals surface area contributed by atoms with Gasteiger partial charge < -0.3 is 10.6 Å². The average Bonchev–Trinajstić information content (AvgIpc) is 2.61. The predicted octanol–water partition coefficient (Wildman–Crippen LogP) is 4.65. The number of halogens is 1. The van der Waals surface area contributed by atoms with Crippen molar-refractivity contribution in [2.45, 2.75) is 13.8 Å². The molecule has 0 aliphatic carbocycles. The molecule has 1 amide bonds. The van der Waals surface area contributed by atoms with Crippen molar-refractivity contribution in [1.82, 2.24) is 9.97 Å². The third kappa shape index (κ3) is 4.60. The number of carbonyl (C=O) groups is 1. The van der Waals surface area contributed by atoms with E-state index in [0.29, 0.717) is 17.3 Å². The highest BCUT2D eigenvalue weighted by Crippen LogP contribution is 2.26. The summed E-state index contributed by atoms with van der Waals surface area (Å²) in [6.45, 7) is 3.75. The van der Waals surface area contributed by atoms with Crippen molar-refractivity contribution in [3.8, 4) is 0 Å². The SMILES string of the molecule is Cc1cc(C)nc(Nc2cccc(NC(=O)c3ccc(Cl)c([N+](=O)[O-])c3)c2)n1. The smallest absolute Gasteiger partial charge is 0.288 e. The maximum atomic E-state index is 12.4. The number of aromatic nitrogens is 2. The molecule has 0 aliphatic rings. The number of nitro groups is 1. The molecule has 0 radical (unpaired) electrons. The third-order valence-electron chi connectivity index (χ3n) is 3.76. The van der Waals surface area contributed by atoms with Gasteiger partial charge in [-0.1, -0.05) is 17.7 Å². The fraction of sp³-hybridized carbons (Fsp3) is 0.105. The van der Waals surface area contributed by atoms with Gasteiger partial charge in [0.15, 0.2) is 0 Å². The van der Waals surface area contributed by atoms with Crippen molar-refractivity contribution >= 4 is 40.5 Å². The lowest BCUT2D eigenvalue weighted by molar-refractivity contribution is -0.384. The topological polar surface area (TPSA) is 110 Å². The molecule has 0 bridgehead atoms. The molecule has 2 N–H and O–H groups in total. The van der Waals surface area contributed by atoms with Crippen LogP contribution in [0.15, 0.2) is 48.5 Å². The number of nitro benzene ring substituents is 1. The van der Waals surface area contributed by atoms with Gasteiger partial charge in [-0.2, -0.15) is 0 Å². The molecule has 1 heterocycles. The van der Waals surface area contributed by atoms with E-state index in [-0.39, 0.29) is 16.3 Å². The first-order valence-electron chi connectivity index (χ1n) is 8.26. The van der Waals surface area contributed by atoms with Crippen LogP contribution in [-0.4, -0.2) is 20.8 Å². The number of amides is 1. The molecule has 2 aromatic carbocycles. The first-order chi connectivity index (χ1) is 13.3. The number of benzene rings is 2. The van der Waals surface area contributed by atoms with E-state index in [1.165, 1.54) is 12.1 Å². The van der Waals surface area contributed by atoms with Gasteiger partial charge in [0, 0.05) is 34.4 Å². The molecular weight excluding hydrogens is 382 g/mol. The zero-order valence-corrected chi connectivity index (χ0v) is 15.8. The van der Waals surface area contributed by atoms with Crippen molar-refractivity contribution < 1.29 is 9.72 Å². The highest BCUT2D eigenvalue weighted by atomic mass is 35.5. The van der Waals surface area contributed by atoms with Crippen LogP contribution in [0.3, 0.4) is 0 Å². The largest absolute Gasteiger partial charge is 0.324 e. The van der Waals surface area contributed by atoms with Crippen LogP contribution in [0.25, 0.3) is 0 Å².